The standard InChI is InChI=1S/C33H40N4OS/c1-24-7-5-8-25(2)31(24)26-12-15-36(16-13-26)23-29-28-10-3-4-11-30(28)34-32(29)33(38)37-20-18-35(19-21-37)17-14-27-9-6-22-39-27/h3-11,22,26,34H,12-21,23H2,1-2H3. The van der Waals surface area contributed by atoms with Gasteiger partial charge in [-0.25, -0.2) is 0 Å². The Hall–Kier alpha value is -2.93. The van der Waals surface area contributed by atoms with E-state index in [1.165, 1.54) is 39.8 Å². The molecular weight excluding hydrogens is 500 g/mol. The molecule has 0 aliphatic carbocycles. The van der Waals surface area contributed by atoms with Gasteiger partial charge in [0.2, 0.25) is 0 Å². The second-order valence-electron chi connectivity index (χ2n) is 11.3. The number of amides is 1. The first kappa shape index (κ1) is 26.3. The van der Waals surface area contributed by atoms with Crippen LogP contribution >= 0.6 is 11.3 Å². The molecule has 1 amide bonds. The predicted molar refractivity (Wildman–Crippen MR) is 162 cm³/mol. The van der Waals surface area contributed by atoms with E-state index in [1.54, 1.807) is 5.56 Å². The van der Waals surface area contributed by atoms with Crippen molar-refractivity contribution in [2.75, 3.05) is 45.8 Å². The van der Waals surface area contributed by atoms with Crippen molar-refractivity contribution in [3.63, 3.8) is 0 Å². The summed E-state index contributed by atoms with van der Waals surface area (Å²) in [7, 11) is 0. The Balaban J connectivity index is 1.12. The molecule has 0 spiro atoms. The summed E-state index contributed by atoms with van der Waals surface area (Å²) in [4.78, 5) is 25.9. The quantitative estimate of drug-likeness (QED) is 0.302. The molecule has 0 saturated carbocycles. The topological polar surface area (TPSA) is 42.6 Å². The van der Waals surface area contributed by atoms with Crippen LogP contribution in [-0.4, -0.2) is 71.4 Å². The highest BCUT2D eigenvalue weighted by Crippen LogP contribution is 2.34. The maximum Gasteiger partial charge on any atom is 0.270 e. The van der Waals surface area contributed by atoms with E-state index >= 15 is 0 Å². The summed E-state index contributed by atoms with van der Waals surface area (Å²) in [5.41, 5.74) is 7.42. The van der Waals surface area contributed by atoms with Crippen molar-refractivity contribution in [2.24, 2.45) is 0 Å². The monoisotopic (exact) mass is 540 g/mol. The van der Waals surface area contributed by atoms with Crippen molar-refractivity contribution in [1.82, 2.24) is 19.7 Å². The van der Waals surface area contributed by atoms with E-state index < -0.39 is 0 Å². The molecule has 5 nitrogen and oxygen atoms in total. The predicted octanol–water partition coefficient (Wildman–Crippen LogP) is 6.23. The number of hydrogen-bond acceptors (Lipinski definition) is 4. The number of carbonyl (C=O) groups excluding carboxylic acids is 1. The number of rotatable bonds is 7. The maximum absolute atomic E-state index is 13.9. The average Bonchev–Trinajstić information content (AvgIpc) is 3.61. The average molecular weight is 541 g/mol. The molecule has 0 atom stereocenters. The van der Waals surface area contributed by atoms with E-state index in [4.69, 9.17) is 0 Å². The number of piperidine rings is 1. The normalized spacial score (nSPS) is 17.7. The van der Waals surface area contributed by atoms with Gasteiger partial charge in [-0.05, 0) is 86.3 Å². The van der Waals surface area contributed by atoms with Crippen molar-refractivity contribution in [1.29, 1.82) is 0 Å². The number of likely N-dealkylation sites (tertiary alicyclic amines) is 1. The summed E-state index contributed by atoms with van der Waals surface area (Å²) in [6, 6.07) is 19.4. The lowest BCUT2D eigenvalue weighted by molar-refractivity contribution is 0.0631. The first-order valence-corrected chi connectivity index (χ1v) is 15.4. The third kappa shape index (κ3) is 5.69. The number of H-pyrrole nitrogens is 1. The maximum atomic E-state index is 13.9. The van der Waals surface area contributed by atoms with E-state index in [-0.39, 0.29) is 5.91 Å². The molecule has 6 rings (SSSR count). The summed E-state index contributed by atoms with van der Waals surface area (Å²) < 4.78 is 0. The van der Waals surface area contributed by atoms with Gasteiger partial charge in [0, 0.05) is 60.6 Å². The van der Waals surface area contributed by atoms with E-state index in [2.05, 4.69) is 93.5 Å². The van der Waals surface area contributed by atoms with Gasteiger partial charge < -0.3 is 9.88 Å². The Morgan fingerprint density at radius 3 is 2.33 bits per heavy atom. The molecule has 4 aromatic rings. The Kier molecular flexibility index (Phi) is 7.87. The van der Waals surface area contributed by atoms with E-state index in [9.17, 15) is 4.79 Å². The number of aromatic amines is 1. The number of nitrogens with zero attached hydrogens (tertiary/aromatic N) is 3. The fourth-order valence-corrected chi connectivity index (χ4v) is 7.38. The van der Waals surface area contributed by atoms with Crippen molar-refractivity contribution in [2.45, 2.75) is 45.6 Å². The summed E-state index contributed by atoms with van der Waals surface area (Å²) in [6.45, 7) is 12.0. The number of aryl methyl sites for hydroxylation is 2. The van der Waals surface area contributed by atoms with Crippen molar-refractivity contribution >= 4 is 28.1 Å². The lowest BCUT2D eigenvalue weighted by atomic mass is 9.84. The van der Waals surface area contributed by atoms with Crippen molar-refractivity contribution in [3.8, 4) is 0 Å². The van der Waals surface area contributed by atoms with Gasteiger partial charge in [-0.1, -0.05) is 42.5 Å². The molecule has 0 unspecified atom stereocenters. The second-order valence-corrected chi connectivity index (χ2v) is 12.4. The van der Waals surface area contributed by atoms with Gasteiger partial charge >= 0.3 is 0 Å². The molecule has 6 heteroatoms. The van der Waals surface area contributed by atoms with Gasteiger partial charge in [0.1, 0.15) is 5.69 Å². The van der Waals surface area contributed by atoms with Crippen LogP contribution in [0.3, 0.4) is 0 Å². The van der Waals surface area contributed by atoms with Crippen LogP contribution in [0.15, 0.2) is 60.0 Å². The SMILES string of the molecule is Cc1cccc(C)c1C1CCN(Cc2c(C(=O)N3CCN(CCc4cccs4)CC3)[nH]c3ccccc23)CC1. The number of nitrogens with one attached hydrogen (secondary N) is 1. The van der Waals surface area contributed by atoms with Gasteiger partial charge in [0.05, 0.1) is 0 Å². The fraction of sp³-hybridized carbons (Fsp3) is 0.424. The Morgan fingerprint density at radius 2 is 1.62 bits per heavy atom. The number of benzene rings is 2. The first-order chi connectivity index (χ1) is 19.1. The Bertz CT molecular complexity index is 1390. The van der Waals surface area contributed by atoms with Crippen LogP contribution < -0.4 is 0 Å². The largest absolute Gasteiger partial charge is 0.350 e. The lowest BCUT2D eigenvalue weighted by Gasteiger charge is -2.35. The highest BCUT2D eigenvalue weighted by molar-refractivity contribution is 7.09. The molecule has 4 heterocycles. The molecule has 2 fully saturated rings. The third-order valence-electron chi connectivity index (χ3n) is 8.86. The third-order valence-corrected chi connectivity index (χ3v) is 9.80. The summed E-state index contributed by atoms with van der Waals surface area (Å²) in [5, 5.41) is 3.34. The second kappa shape index (κ2) is 11.7. The minimum atomic E-state index is 0.157. The minimum Gasteiger partial charge on any atom is -0.350 e. The van der Waals surface area contributed by atoms with Crippen LogP contribution in [0.2, 0.25) is 0 Å². The van der Waals surface area contributed by atoms with Crippen molar-refractivity contribution in [3.05, 3.63) is 92.8 Å². The minimum absolute atomic E-state index is 0.157. The number of fused-ring (bicyclic) bond motifs is 1. The van der Waals surface area contributed by atoms with Gasteiger partial charge in [-0.2, -0.15) is 0 Å². The van der Waals surface area contributed by atoms with Crippen LogP contribution in [0.1, 0.15) is 56.4 Å². The smallest absolute Gasteiger partial charge is 0.270 e. The zero-order valence-corrected chi connectivity index (χ0v) is 24.1. The number of carbonyl (C=O) groups is 1. The van der Waals surface area contributed by atoms with Gasteiger partial charge in [-0.15, -0.1) is 11.3 Å². The molecule has 2 aromatic heterocycles. The first-order valence-electron chi connectivity index (χ1n) is 14.5. The molecule has 2 aromatic carbocycles. The molecule has 2 saturated heterocycles. The van der Waals surface area contributed by atoms with Crippen LogP contribution in [0.25, 0.3) is 10.9 Å². The number of hydrogen-bond donors (Lipinski definition) is 1. The Morgan fingerprint density at radius 1 is 0.872 bits per heavy atom. The van der Waals surface area contributed by atoms with Crippen LogP contribution in [0.5, 0.6) is 0 Å². The van der Waals surface area contributed by atoms with Crippen LogP contribution in [-0.2, 0) is 13.0 Å². The summed E-state index contributed by atoms with van der Waals surface area (Å²) >= 11 is 1.83. The van der Waals surface area contributed by atoms with E-state index in [0.717, 1.165) is 70.0 Å². The number of para-hydroxylation sites is 1. The van der Waals surface area contributed by atoms with E-state index in [0.29, 0.717) is 5.92 Å². The highest BCUT2D eigenvalue weighted by atomic mass is 32.1. The zero-order chi connectivity index (χ0) is 26.8. The fourth-order valence-electron chi connectivity index (χ4n) is 6.68. The molecule has 2 aliphatic heterocycles. The van der Waals surface area contributed by atoms with Crippen LogP contribution in [0.4, 0.5) is 0 Å². The molecule has 204 valence electrons. The zero-order valence-electron chi connectivity index (χ0n) is 23.3. The van der Waals surface area contributed by atoms with Crippen LogP contribution in [0, 0.1) is 13.8 Å². The molecule has 0 radical (unpaired) electrons. The van der Waals surface area contributed by atoms with Gasteiger partial charge in [0.15, 0.2) is 0 Å². The molecule has 2 aliphatic rings. The van der Waals surface area contributed by atoms with Gasteiger partial charge in [0.25, 0.3) is 5.91 Å². The lowest BCUT2D eigenvalue weighted by Crippen LogP contribution is -2.49. The molecule has 39 heavy (non-hydrogen) atoms. The van der Waals surface area contributed by atoms with Gasteiger partial charge in [-0.3, -0.25) is 14.6 Å². The number of piperazine rings is 1. The summed E-state index contributed by atoms with van der Waals surface area (Å²) in [6.07, 6.45) is 3.44. The summed E-state index contributed by atoms with van der Waals surface area (Å²) in [5.74, 6) is 0.784. The molecule has 1 N–H and O–H groups in total. The van der Waals surface area contributed by atoms with Crippen molar-refractivity contribution < 1.29 is 4.79 Å². The Labute approximate surface area is 236 Å². The number of aromatic nitrogens is 1. The molecule has 0 bridgehead atoms. The van der Waals surface area contributed by atoms with E-state index in [1.807, 2.05) is 11.3 Å². The highest BCUT2D eigenvalue weighted by Gasteiger charge is 2.29. The number of thiophene rings is 1. The molecular formula is C33H40N4OS.